The van der Waals surface area contributed by atoms with Gasteiger partial charge in [0.25, 0.3) is 0 Å². The molecule has 2 aliphatic heterocycles. The fourth-order valence-corrected chi connectivity index (χ4v) is 4.34. The van der Waals surface area contributed by atoms with Gasteiger partial charge in [-0.15, -0.1) is 0 Å². The second-order valence-electron chi connectivity index (χ2n) is 6.95. The molecule has 4 nitrogen and oxygen atoms in total. The van der Waals surface area contributed by atoms with E-state index in [0.29, 0.717) is 6.42 Å². The SMILES string of the molecule is O=C([O-])C(CC(=O)N1[C@@H]2CC[C@H]1c1ccccc12)Cc1ccccc1.[Na+]. The monoisotopic (exact) mass is 357 g/mol. The van der Waals surface area contributed by atoms with Crippen molar-refractivity contribution < 1.29 is 44.3 Å². The maximum atomic E-state index is 12.9. The summed E-state index contributed by atoms with van der Waals surface area (Å²) in [4.78, 5) is 26.4. The van der Waals surface area contributed by atoms with Crippen molar-refractivity contribution in [2.45, 2.75) is 37.8 Å². The van der Waals surface area contributed by atoms with Crippen LogP contribution in [0.15, 0.2) is 54.6 Å². The normalized spacial score (nSPS) is 21.0. The van der Waals surface area contributed by atoms with Crippen LogP contribution in [0.5, 0.6) is 0 Å². The number of carbonyl (C=O) groups excluding carboxylic acids is 2. The van der Waals surface area contributed by atoms with Crippen LogP contribution in [0.1, 0.15) is 48.0 Å². The first-order chi connectivity index (χ1) is 12.1. The van der Waals surface area contributed by atoms with E-state index in [2.05, 4.69) is 12.1 Å². The van der Waals surface area contributed by atoms with Gasteiger partial charge >= 0.3 is 29.6 Å². The largest absolute Gasteiger partial charge is 1.00 e. The van der Waals surface area contributed by atoms with Gasteiger partial charge in [0.15, 0.2) is 0 Å². The molecule has 1 saturated heterocycles. The fourth-order valence-electron chi connectivity index (χ4n) is 4.34. The molecule has 2 aliphatic rings. The van der Waals surface area contributed by atoms with E-state index in [0.717, 1.165) is 18.4 Å². The Kier molecular flexibility index (Phi) is 5.86. The molecule has 2 bridgehead atoms. The number of hydrogen-bond acceptors (Lipinski definition) is 3. The number of nitrogens with zero attached hydrogens (tertiary/aromatic N) is 1. The van der Waals surface area contributed by atoms with Gasteiger partial charge in [0.1, 0.15) is 0 Å². The summed E-state index contributed by atoms with van der Waals surface area (Å²) in [6, 6.07) is 17.8. The minimum absolute atomic E-state index is 0. The van der Waals surface area contributed by atoms with E-state index in [9.17, 15) is 14.7 Å². The van der Waals surface area contributed by atoms with E-state index in [1.54, 1.807) is 0 Å². The Morgan fingerprint density at radius 3 is 2.04 bits per heavy atom. The third kappa shape index (κ3) is 3.46. The van der Waals surface area contributed by atoms with Gasteiger partial charge < -0.3 is 14.8 Å². The topological polar surface area (TPSA) is 60.4 Å². The van der Waals surface area contributed by atoms with Crippen molar-refractivity contribution in [1.82, 2.24) is 4.90 Å². The Hall–Kier alpha value is -1.62. The van der Waals surface area contributed by atoms with Crippen molar-refractivity contribution in [2.75, 3.05) is 0 Å². The number of hydrogen-bond donors (Lipinski definition) is 0. The second kappa shape index (κ2) is 7.95. The molecule has 128 valence electrons. The van der Waals surface area contributed by atoms with Gasteiger partial charge in [-0.2, -0.15) is 0 Å². The predicted molar refractivity (Wildman–Crippen MR) is 91.3 cm³/mol. The van der Waals surface area contributed by atoms with Crippen molar-refractivity contribution in [3.63, 3.8) is 0 Å². The molecule has 1 fully saturated rings. The van der Waals surface area contributed by atoms with Crippen molar-refractivity contribution in [1.29, 1.82) is 0 Å². The average Bonchev–Trinajstić information content (AvgIpc) is 3.19. The summed E-state index contributed by atoms with van der Waals surface area (Å²) in [6.07, 6.45) is 2.24. The number of amides is 1. The van der Waals surface area contributed by atoms with E-state index < -0.39 is 11.9 Å². The van der Waals surface area contributed by atoms with Gasteiger partial charge in [0.05, 0.1) is 12.1 Å². The molecule has 26 heavy (non-hydrogen) atoms. The van der Waals surface area contributed by atoms with Gasteiger partial charge in [-0.05, 0) is 36.0 Å². The summed E-state index contributed by atoms with van der Waals surface area (Å²) in [5.74, 6) is -2.02. The number of benzene rings is 2. The van der Waals surface area contributed by atoms with Crippen LogP contribution in [0.25, 0.3) is 0 Å². The molecule has 0 radical (unpaired) electrons. The Morgan fingerprint density at radius 2 is 1.50 bits per heavy atom. The summed E-state index contributed by atoms with van der Waals surface area (Å²) >= 11 is 0. The van der Waals surface area contributed by atoms with Crippen LogP contribution in [0.2, 0.25) is 0 Å². The van der Waals surface area contributed by atoms with Crippen LogP contribution in [0.4, 0.5) is 0 Å². The van der Waals surface area contributed by atoms with Crippen LogP contribution in [0, 0.1) is 5.92 Å². The molecule has 2 aromatic rings. The molecule has 5 heteroatoms. The van der Waals surface area contributed by atoms with Crippen molar-refractivity contribution in [2.24, 2.45) is 5.92 Å². The molecule has 3 atom stereocenters. The van der Waals surface area contributed by atoms with Crippen LogP contribution < -0.4 is 34.7 Å². The Bertz CT molecular complexity index is 777. The van der Waals surface area contributed by atoms with E-state index in [1.165, 1.54) is 11.1 Å². The molecule has 1 amide bonds. The van der Waals surface area contributed by atoms with Crippen LogP contribution in [0.3, 0.4) is 0 Å². The zero-order valence-electron chi connectivity index (χ0n) is 14.9. The smallest absolute Gasteiger partial charge is 0.550 e. The van der Waals surface area contributed by atoms with Gasteiger partial charge in [-0.25, -0.2) is 0 Å². The molecule has 0 aromatic heterocycles. The first-order valence-corrected chi connectivity index (χ1v) is 8.80. The quantitative estimate of drug-likeness (QED) is 0.672. The van der Waals surface area contributed by atoms with E-state index in [-0.39, 0.29) is 54.0 Å². The van der Waals surface area contributed by atoms with E-state index in [4.69, 9.17) is 0 Å². The molecule has 2 aromatic carbocycles. The van der Waals surface area contributed by atoms with Crippen molar-refractivity contribution in [3.05, 3.63) is 71.3 Å². The number of carboxylic acid groups (broad SMARTS) is 1. The summed E-state index contributed by atoms with van der Waals surface area (Å²) in [7, 11) is 0. The number of fused-ring (bicyclic) bond motifs is 5. The average molecular weight is 357 g/mol. The molecule has 0 saturated carbocycles. The van der Waals surface area contributed by atoms with Gasteiger partial charge in [-0.3, -0.25) is 4.79 Å². The number of carbonyl (C=O) groups is 2. The first-order valence-electron chi connectivity index (χ1n) is 8.80. The molecule has 0 spiro atoms. The molecule has 4 rings (SSSR count). The van der Waals surface area contributed by atoms with Crippen molar-refractivity contribution in [3.8, 4) is 0 Å². The first kappa shape index (κ1) is 19.2. The summed E-state index contributed by atoms with van der Waals surface area (Å²) < 4.78 is 0. The van der Waals surface area contributed by atoms with Crippen LogP contribution in [-0.2, 0) is 16.0 Å². The second-order valence-corrected chi connectivity index (χ2v) is 6.95. The number of carboxylic acids is 1. The zero-order valence-corrected chi connectivity index (χ0v) is 16.9. The van der Waals surface area contributed by atoms with Gasteiger partial charge in [0, 0.05) is 18.3 Å². The number of rotatable bonds is 5. The number of aliphatic carboxylic acids is 1. The van der Waals surface area contributed by atoms with Crippen LogP contribution >= 0.6 is 0 Å². The van der Waals surface area contributed by atoms with Crippen LogP contribution in [-0.4, -0.2) is 16.8 Å². The third-order valence-electron chi connectivity index (χ3n) is 5.47. The Morgan fingerprint density at radius 1 is 0.962 bits per heavy atom. The van der Waals surface area contributed by atoms with Crippen molar-refractivity contribution >= 4 is 11.9 Å². The standard InChI is InChI=1S/C21H21NO3.Na/c23-20(13-15(21(24)25)12-14-6-2-1-3-7-14)22-18-10-11-19(22)17-9-5-4-8-16(17)18;/h1-9,15,18-19H,10-13H2,(H,24,25);/q;+1/p-1/t15?,18-,19+;. The molecule has 1 unspecified atom stereocenters. The van der Waals surface area contributed by atoms with Gasteiger partial charge in [0.2, 0.25) is 5.91 Å². The molecular weight excluding hydrogens is 337 g/mol. The Balaban J connectivity index is 0.00000196. The molecule has 2 heterocycles. The minimum atomic E-state index is -1.15. The Labute approximate surface area is 175 Å². The maximum absolute atomic E-state index is 12.9. The predicted octanol–water partition coefficient (Wildman–Crippen LogP) is -0.592. The molecular formula is C21H20NNaO3. The maximum Gasteiger partial charge on any atom is 1.00 e. The van der Waals surface area contributed by atoms with Gasteiger partial charge in [-0.1, -0.05) is 54.6 Å². The minimum Gasteiger partial charge on any atom is -0.550 e. The molecule has 0 aliphatic carbocycles. The summed E-state index contributed by atoms with van der Waals surface area (Å²) in [6.45, 7) is 0. The summed E-state index contributed by atoms with van der Waals surface area (Å²) in [5, 5.41) is 11.6. The summed E-state index contributed by atoms with van der Waals surface area (Å²) in [5.41, 5.74) is 3.36. The fraction of sp³-hybridized carbons (Fsp3) is 0.333. The third-order valence-corrected chi connectivity index (χ3v) is 5.47. The molecule has 0 N–H and O–H groups in total. The van der Waals surface area contributed by atoms with E-state index >= 15 is 0 Å². The van der Waals surface area contributed by atoms with E-state index in [1.807, 2.05) is 47.4 Å². The zero-order chi connectivity index (χ0) is 17.4.